The van der Waals surface area contributed by atoms with Crippen molar-refractivity contribution in [1.82, 2.24) is 0 Å². The molecule has 0 aromatic rings. The Hall–Kier alpha value is -1.44. The Balaban J connectivity index is 4.11. The maximum atomic E-state index is 5.31. The van der Waals surface area contributed by atoms with E-state index in [1.165, 1.54) is 0 Å². The Labute approximate surface area is 104 Å². The van der Waals surface area contributed by atoms with Crippen LogP contribution in [0.15, 0.2) is 0 Å². The van der Waals surface area contributed by atoms with Crippen molar-refractivity contribution < 1.29 is 14.2 Å². The largest absolute Gasteiger partial charge is 0.368 e. The molecule has 0 aliphatic carbocycles. The molecular formula is C14H18O3. The average molecular weight is 234 g/mol. The fraction of sp³-hybridized carbons (Fsp3) is 0.571. The third-order valence-corrected chi connectivity index (χ3v) is 1.91. The zero-order valence-corrected chi connectivity index (χ0v) is 10.2. The van der Waals surface area contributed by atoms with E-state index in [0.717, 1.165) is 0 Å². The van der Waals surface area contributed by atoms with Crippen LogP contribution in [-0.2, 0) is 14.2 Å². The first-order chi connectivity index (χ1) is 8.18. The van der Waals surface area contributed by atoms with Gasteiger partial charge in [-0.05, 0) is 0 Å². The first kappa shape index (κ1) is 15.6. The maximum Gasteiger partial charge on any atom is 0.107 e. The lowest BCUT2D eigenvalue weighted by Crippen LogP contribution is -2.34. The molecule has 0 amide bonds. The van der Waals surface area contributed by atoms with Gasteiger partial charge in [-0.25, -0.2) is 0 Å². The molecule has 0 fully saturated rings. The summed E-state index contributed by atoms with van der Waals surface area (Å²) in [6.45, 7) is 4.07. The van der Waals surface area contributed by atoms with Gasteiger partial charge in [0.05, 0.1) is 19.8 Å². The van der Waals surface area contributed by atoms with E-state index in [9.17, 15) is 0 Å². The van der Waals surface area contributed by atoms with Crippen molar-refractivity contribution in [2.45, 2.75) is 6.92 Å². The van der Waals surface area contributed by atoms with Gasteiger partial charge in [0.2, 0.25) is 0 Å². The highest BCUT2D eigenvalue weighted by Crippen LogP contribution is 2.18. The Kier molecular flexibility index (Phi) is 8.94. The molecule has 0 unspecified atom stereocenters. The normalized spacial score (nSPS) is 10.2. The van der Waals surface area contributed by atoms with Gasteiger partial charge < -0.3 is 14.2 Å². The second kappa shape index (κ2) is 9.76. The average Bonchev–Trinajstić information content (AvgIpc) is 2.30. The highest BCUT2D eigenvalue weighted by molar-refractivity contribution is 4.86. The predicted octanol–water partition coefficient (Wildman–Crippen LogP) is 0.942. The van der Waals surface area contributed by atoms with Gasteiger partial charge in [-0.15, -0.1) is 19.3 Å². The number of ether oxygens (including phenoxy) is 3. The van der Waals surface area contributed by atoms with E-state index in [1.54, 1.807) is 0 Å². The predicted molar refractivity (Wildman–Crippen MR) is 67.1 cm³/mol. The lowest BCUT2D eigenvalue weighted by atomic mass is 9.94. The van der Waals surface area contributed by atoms with E-state index in [2.05, 4.69) is 17.8 Å². The molecule has 0 aromatic heterocycles. The molecule has 0 atom stereocenters. The molecule has 0 aliphatic rings. The Morgan fingerprint density at radius 1 is 0.765 bits per heavy atom. The second-order valence-electron chi connectivity index (χ2n) is 3.90. The topological polar surface area (TPSA) is 27.7 Å². The summed E-state index contributed by atoms with van der Waals surface area (Å²) in [6.07, 6.45) is 15.3. The molecule has 0 aliphatic heterocycles. The molecule has 0 saturated heterocycles. The maximum absolute atomic E-state index is 5.31. The molecule has 0 aromatic carbocycles. The third kappa shape index (κ3) is 8.38. The van der Waals surface area contributed by atoms with Crippen molar-refractivity contribution >= 4 is 0 Å². The van der Waals surface area contributed by atoms with Crippen LogP contribution in [0.2, 0.25) is 0 Å². The van der Waals surface area contributed by atoms with Crippen LogP contribution in [0.4, 0.5) is 0 Å². The van der Waals surface area contributed by atoms with E-state index in [1.807, 2.05) is 6.92 Å². The fourth-order valence-corrected chi connectivity index (χ4v) is 1.19. The van der Waals surface area contributed by atoms with E-state index in [0.29, 0.717) is 19.8 Å². The van der Waals surface area contributed by atoms with Crippen LogP contribution in [0.25, 0.3) is 0 Å². The van der Waals surface area contributed by atoms with E-state index >= 15 is 0 Å². The minimum absolute atomic E-state index is 0.264. The quantitative estimate of drug-likeness (QED) is 0.439. The van der Waals surface area contributed by atoms with Crippen LogP contribution in [0.3, 0.4) is 0 Å². The lowest BCUT2D eigenvalue weighted by molar-refractivity contribution is -0.0438. The molecule has 0 bridgehead atoms. The van der Waals surface area contributed by atoms with Crippen molar-refractivity contribution in [2.24, 2.45) is 5.41 Å². The van der Waals surface area contributed by atoms with Gasteiger partial charge in [0.15, 0.2) is 0 Å². The summed E-state index contributed by atoms with van der Waals surface area (Å²) in [4.78, 5) is 0. The molecule has 0 spiro atoms. The van der Waals surface area contributed by atoms with Gasteiger partial charge in [0, 0.05) is 5.41 Å². The van der Waals surface area contributed by atoms with Crippen LogP contribution in [0, 0.1) is 42.4 Å². The van der Waals surface area contributed by atoms with Crippen LogP contribution >= 0.6 is 0 Å². The van der Waals surface area contributed by atoms with Gasteiger partial charge in [0.1, 0.15) is 19.8 Å². The van der Waals surface area contributed by atoms with Crippen molar-refractivity contribution in [3.05, 3.63) is 0 Å². The summed E-state index contributed by atoms with van der Waals surface area (Å²) in [6, 6.07) is 0. The summed E-state index contributed by atoms with van der Waals surface area (Å²) in [5, 5.41) is 0. The van der Waals surface area contributed by atoms with Gasteiger partial charge >= 0.3 is 0 Å². The van der Waals surface area contributed by atoms with E-state index < -0.39 is 0 Å². The van der Waals surface area contributed by atoms with Crippen molar-refractivity contribution in [3.63, 3.8) is 0 Å². The second-order valence-corrected chi connectivity index (χ2v) is 3.90. The Bertz CT molecular complexity index is 264. The van der Waals surface area contributed by atoms with Crippen LogP contribution in [0.1, 0.15) is 6.92 Å². The van der Waals surface area contributed by atoms with E-state index in [-0.39, 0.29) is 25.2 Å². The zero-order valence-electron chi connectivity index (χ0n) is 10.2. The van der Waals surface area contributed by atoms with Crippen LogP contribution < -0.4 is 0 Å². The highest BCUT2D eigenvalue weighted by Gasteiger charge is 2.25. The smallest absolute Gasteiger partial charge is 0.107 e. The molecule has 0 radical (unpaired) electrons. The Morgan fingerprint density at radius 2 is 1.06 bits per heavy atom. The van der Waals surface area contributed by atoms with Gasteiger partial charge in [-0.3, -0.25) is 0 Å². The molecule has 0 heterocycles. The van der Waals surface area contributed by atoms with Crippen LogP contribution in [-0.4, -0.2) is 39.6 Å². The fourth-order valence-electron chi connectivity index (χ4n) is 1.19. The highest BCUT2D eigenvalue weighted by atomic mass is 16.5. The van der Waals surface area contributed by atoms with Crippen molar-refractivity contribution in [2.75, 3.05) is 39.6 Å². The number of hydrogen-bond acceptors (Lipinski definition) is 3. The summed E-state index contributed by atoms with van der Waals surface area (Å²) < 4.78 is 15.9. The first-order valence-corrected chi connectivity index (χ1v) is 5.22. The molecule has 3 nitrogen and oxygen atoms in total. The third-order valence-electron chi connectivity index (χ3n) is 1.91. The molecule has 0 N–H and O–H groups in total. The number of hydrogen-bond donors (Lipinski definition) is 0. The van der Waals surface area contributed by atoms with E-state index in [4.69, 9.17) is 33.5 Å². The Morgan fingerprint density at radius 3 is 1.29 bits per heavy atom. The molecule has 3 heteroatoms. The van der Waals surface area contributed by atoms with Crippen LogP contribution in [0.5, 0.6) is 0 Å². The summed E-state index contributed by atoms with van der Waals surface area (Å²) in [5.41, 5.74) is -0.301. The first-order valence-electron chi connectivity index (χ1n) is 5.22. The minimum atomic E-state index is -0.301. The summed E-state index contributed by atoms with van der Waals surface area (Å²) in [5.74, 6) is 7.22. The molecule has 0 rings (SSSR count). The number of rotatable bonds is 9. The monoisotopic (exact) mass is 234 g/mol. The zero-order chi connectivity index (χ0) is 13.0. The van der Waals surface area contributed by atoms with Gasteiger partial charge in [-0.1, -0.05) is 24.7 Å². The molecule has 92 valence electrons. The standard InChI is InChI=1S/C14H18O3/c1-5-8-15-11-14(4,12-16-9-6-2)13-17-10-7-3/h1-3H,8-13H2,4H3. The molecule has 17 heavy (non-hydrogen) atoms. The van der Waals surface area contributed by atoms with Crippen molar-refractivity contribution in [3.8, 4) is 37.0 Å². The SMILES string of the molecule is C#CCOCC(C)(COCC#C)COCC#C. The number of terminal acetylenes is 3. The molecular weight excluding hydrogens is 216 g/mol. The molecule has 0 saturated carbocycles. The van der Waals surface area contributed by atoms with Gasteiger partial charge in [0.25, 0.3) is 0 Å². The summed E-state index contributed by atoms with van der Waals surface area (Å²) in [7, 11) is 0. The van der Waals surface area contributed by atoms with Gasteiger partial charge in [-0.2, -0.15) is 0 Å². The lowest BCUT2D eigenvalue weighted by Gasteiger charge is -2.27. The summed E-state index contributed by atoms with van der Waals surface area (Å²) >= 11 is 0. The minimum Gasteiger partial charge on any atom is -0.368 e. The van der Waals surface area contributed by atoms with Crippen molar-refractivity contribution in [1.29, 1.82) is 0 Å².